The average Bonchev–Trinajstić information content (AvgIpc) is 2.26. The number of benzene rings is 1. The summed E-state index contributed by atoms with van der Waals surface area (Å²) in [5.74, 6) is 0. The standard InChI is InChI=1S/C13H17BrF3N/c1-18-12(6-3-7-13(15,16)17)9-10-4-2-5-11(14)8-10/h2,4-5,8,12,18H,3,6-7,9H2,1H3. The molecule has 102 valence electrons. The Hall–Kier alpha value is -0.550. The minimum absolute atomic E-state index is 0.0849. The highest BCUT2D eigenvalue weighted by molar-refractivity contribution is 9.10. The van der Waals surface area contributed by atoms with E-state index < -0.39 is 12.6 Å². The summed E-state index contributed by atoms with van der Waals surface area (Å²) in [6.07, 6.45) is -3.31. The number of rotatable bonds is 6. The molecule has 0 aliphatic carbocycles. The molecule has 1 unspecified atom stereocenters. The van der Waals surface area contributed by atoms with Crippen LogP contribution < -0.4 is 5.32 Å². The second-order valence-electron chi connectivity index (χ2n) is 4.33. The molecule has 1 aromatic rings. The van der Waals surface area contributed by atoms with Crippen molar-refractivity contribution >= 4 is 15.9 Å². The molecule has 0 amide bonds. The van der Waals surface area contributed by atoms with Crippen LogP contribution in [-0.2, 0) is 6.42 Å². The van der Waals surface area contributed by atoms with Gasteiger partial charge in [-0.3, -0.25) is 0 Å². The molecule has 0 aliphatic heterocycles. The topological polar surface area (TPSA) is 12.0 Å². The van der Waals surface area contributed by atoms with Crippen LogP contribution in [0, 0.1) is 0 Å². The zero-order chi connectivity index (χ0) is 13.6. The van der Waals surface area contributed by atoms with Gasteiger partial charge in [0, 0.05) is 16.9 Å². The average molecular weight is 324 g/mol. The fourth-order valence-corrected chi connectivity index (χ4v) is 2.29. The Bertz CT molecular complexity index is 365. The Morgan fingerprint density at radius 1 is 1.33 bits per heavy atom. The zero-order valence-electron chi connectivity index (χ0n) is 10.2. The third-order valence-electron chi connectivity index (χ3n) is 2.79. The van der Waals surface area contributed by atoms with Crippen molar-refractivity contribution in [3.8, 4) is 0 Å². The van der Waals surface area contributed by atoms with Gasteiger partial charge in [0.1, 0.15) is 0 Å². The van der Waals surface area contributed by atoms with E-state index in [-0.39, 0.29) is 12.5 Å². The van der Waals surface area contributed by atoms with Crippen LogP contribution >= 0.6 is 15.9 Å². The SMILES string of the molecule is CNC(CCCC(F)(F)F)Cc1cccc(Br)c1. The maximum atomic E-state index is 12.1. The predicted octanol–water partition coefficient (Wildman–Crippen LogP) is 4.31. The van der Waals surface area contributed by atoms with E-state index in [1.54, 1.807) is 7.05 Å². The van der Waals surface area contributed by atoms with Crippen molar-refractivity contribution < 1.29 is 13.2 Å². The number of nitrogens with one attached hydrogen (secondary N) is 1. The van der Waals surface area contributed by atoms with E-state index in [9.17, 15) is 13.2 Å². The summed E-state index contributed by atoms with van der Waals surface area (Å²) >= 11 is 3.38. The highest BCUT2D eigenvalue weighted by Crippen LogP contribution is 2.23. The molecule has 0 spiro atoms. The van der Waals surface area contributed by atoms with Gasteiger partial charge < -0.3 is 5.32 Å². The van der Waals surface area contributed by atoms with Gasteiger partial charge in [-0.1, -0.05) is 28.1 Å². The smallest absolute Gasteiger partial charge is 0.317 e. The van der Waals surface area contributed by atoms with Gasteiger partial charge in [0.05, 0.1) is 0 Å². The van der Waals surface area contributed by atoms with Gasteiger partial charge in [0.2, 0.25) is 0 Å². The summed E-state index contributed by atoms with van der Waals surface area (Å²) in [4.78, 5) is 0. The maximum absolute atomic E-state index is 12.1. The Morgan fingerprint density at radius 2 is 2.06 bits per heavy atom. The summed E-state index contributed by atoms with van der Waals surface area (Å²) in [5.41, 5.74) is 1.12. The highest BCUT2D eigenvalue weighted by Gasteiger charge is 2.26. The summed E-state index contributed by atoms with van der Waals surface area (Å²) in [5, 5.41) is 3.07. The van der Waals surface area contributed by atoms with Crippen molar-refractivity contribution in [1.29, 1.82) is 0 Å². The van der Waals surface area contributed by atoms with Crippen molar-refractivity contribution in [2.24, 2.45) is 0 Å². The molecule has 0 bridgehead atoms. The van der Waals surface area contributed by atoms with Crippen molar-refractivity contribution in [1.82, 2.24) is 5.32 Å². The van der Waals surface area contributed by atoms with Gasteiger partial charge in [-0.15, -0.1) is 0 Å². The van der Waals surface area contributed by atoms with Crippen molar-refractivity contribution in [3.63, 3.8) is 0 Å². The molecule has 0 radical (unpaired) electrons. The largest absolute Gasteiger partial charge is 0.389 e. The number of alkyl halides is 3. The van der Waals surface area contributed by atoms with Crippen molar-refractivity contribution in [2.45, 2.75) is 37.9 Å². The molecule has 0 aromatic heterocycles. The third-order valence-corrected chi connectivity index (χ3v) is 3.29. The van der Waals surface area contributed by atoms with Crippen LogP contribution in [0.4, 0.5) is 13.2 Å². The normalized spacial score (nSPS) is 13.6. The number of hydrogen-bond donors (Lipinski definition) is 1. The fraction of sp³-hybridized carbons (Fsp3) is 0.538. The van der Waals surface area contributed by atoms with Crippen LogP contribution in [0.5, 0.6) is 0 Å². The lowest BCUT2D eigenvalue weighted by molar-refractivity contribution is -0.135. The Balaban J connectivity index is 2.42. The van der Waals surface area contributed by atoms with Gasteiger partial charge >= 0.3 is 6.18 Å². The minimum Gasteiger partial charge on any atom is -0.317 e. The van der Waals surface area contributed by atoms with E-state index in [1.165, 1.54) is 0 Å². The van der Waals surface area contributed by atoms with Gasteiger partial charge in [-0.05, 0) is 44.0 Å². The Labute approximate surface area is 114 Å². The number of halogens is 4. The summed E-state index contributed by atoms with van der Waals surface area (Å²) in [6.45, 7) is 0. The lowest BCUT2D eigenvalue weighted by Gasteiger charge is -2.17. The molecule has 1 nitrogen and oxygen atoms in total. The van der Waals surface area contributed by atoms with E-state index in [2.05, 4.69) is 21.2 Å². The molecule has 1 N–H and O–H groups in total. The molecule has 18 heavy (non-hydrogen) atoms. The lowest BCUT2D eigenvalue weighted by atomic mass is 10.0. The van der Waals surface area contributed by atoms with Crippen LogP contribution in [0.1, 0.15) is 24.8 Å². The molecule has 5 heteroatoms. The zero-order valence-corrected chi connectivity index (χ0v) is 11.8. The minimum atomic E-state index is -4.05. The Kier molecular flexibility index (Phi) is 6.15. The molecule has 1 rings (SSSR count). The first-order chi connectivity index (χ1) is 8.40. The van der Waals surface area contributed by atoms with E-state index in [4.69, 9.17) is 0 Å². The van der Waals surface area contributed by atoms with Crippen molar-refractivity contribution in [3.05, 3.63) is 34.3 Å². The fourth-order valence-electron chi connectivity index (χ4n) is 1.85. The van der Waals surface area contributed by atoms with Gasteiger partial charge in [0.15, 0.2) is 0 Å². The molecule has 0 fully saturated rings. The molecule has 0 heterocycles. The maximum Gasteiger partial charge on any atom is 0.389 e. The summed E-state index contributed by atoms with van der Waals surface area (Å²) < 4.78 is 37.2. The van der Waals surface area contributed by atoms with Crippen LogP contribution in [-0.4, -0.2) is 19.3 Å². The molecule has 0 saturated carbocycles. The van der Waals surface area contributed by atoms with E-state index in [0.29, 0.717) is 6.42 Å². The molecule has 1 aromatic carbocycles. The van der Waals surface area contributed by atoms with Crippen LogP contribution in [0.15, 0.2) is 28.7 Å². The quantitative estimate of drug-likeness (QED) is 0.822. The summed E-state index contributed by atoms with van der Waals surface area (Å²) in [7, 11) is 1.79. The lowest BCUT2D eigenvalue weighted by Crippen LogP contribution is -2.28. The first-order valence-corrected chi connectivity index (χ1v) is 6.68. The second kappa shape index (κ2) is 7.14. The van der Waals surface area contributed by atoms with Gasteiger partial charge in [0.25, 0.3) is 0 Å². The molecular formula is C13H17BrF3N. The number of hydrogen-bond acceptors (Lipinski definition) is 1. The first-order valence-electron chi connectivity index (χ1n) is 5.89. The first kappa shape index (κ1) is 15.5. The molecule has 0 aliphatic rings. The van der Waals surface area contributed by atoms with Crippen molar-refractivity contribution in [2.75, 3.05) is 7.05 Å². The van der Waals surface area contributed by atoms with E-state index >= 15 is 0 Å². The van der Waals surface area contributed by atoms with Gasteiger partial charge in [-0.25, -0.2) is 0 Å². The van der Waals surface area contributed by atoms with E-state index in [0.717, 1.165) is 16.5 Å². The van der Waals surface area contributed by atoms with Gasteiger partial charge in [-0.2, -0.15) is 13.2 Å². The van der Waals surface area contributed by atoms with Crippen LogP contribution in [0.25, 0.3) is 0 Å². The predicted molar refractivity (Wildman–Crippen MR) is 70.6 cm³/mol. The van der Waals surface area contributed by atoms with E-state index in [1.807, 2.05) is 24.3 Å². The highest BCUT2D eigenvalue weighted by atomic mass is 79.9. The molecule has 0 saturated heterocycles. The molecular weight excluding hydrogens is 307 g/mol. The second-order valence-corrected chi connectivity index (χ2v) is 5.24. The molecule has 1 atom stereocenters. The summed E-state index contributed by atoms with van der Waals surface area (Å²) in [6, 6.07) is 7.93. The number of likely N-dealkylation sites (N-methyl/N-ethyl adjacent to an activating group) is 1. The third kappa shape index (κ3) is 6.40. The van der Waals surface area contributed by atoms with Crippen LogP contribution in [0.3, 0.4) is 0 Å². The van der Waals surface area contributed by atoms with Crippen LogP contribution in [0.2, 0.25) is 0 Å². The monoisotopic (exact) mass is 323 g/mol. The Morgan fingerprint density at radius 3 is 2.61 bits per heavy atom.